The van der Waals surface area contributed by atoms with Crippen LogP contribution in [-0.2, 0) is 11.3 Å². The molecule has 0 aliphatic carbocycles. The zero-order valence-electron chi connectivity index (χ0n) is 12.7. The summed E-state index contributed by atoms with van der Waals surface area (Å²) < 4.78 is 5.02. The van der Waals surface area contributed by atoms with Gasteiger partial charge in [-0.15, -0.1) is 0 Å². The standard InChI is InChI=1S/C14H25N5O/c1-18-7-8-19(2)13(11-18)14-16-5-4-12(17-14)10-15-6-9-20-3/h4-5,13,15H,6-11H2,1-3H3. The second kappa shape index (κ2) is 7.64. The van der Waals surface area contributed by atoms with Gasteiger partial charge in [-0.1, -0.05) is 0 Å². The molecule has 0 saturated carbocycles. The zero-order chi connectivity index (χ0) is 14.4. The number of rotatable bonds is 6. The maximum absolute atomic E-state index is 5.02. The van der Waals surface area contributed by atoms with Crippen LogP contribution >= 0.6 is 0 Å². The van der Waals surface area contributed by atoms with Crippen molar-refractivity contribution in [3.8, 4) is 0 Å². The molecule has 0 aromatic carbocycles. The van der Waals surface area contributed by atoms with Gasteiger partial charge in [-0.05, 0) is 20.2 Å². The topological polar surface area (TPSA) is 53.5 Å². The van der Waals surface area contributed by atoms with E-state index in [1.54, 1.807) is 7.11 Å². The Morgan fingerprint density at radius 1 is 1.40 bits per heavy atom. The molecule has 0 spiro atoms. The molecule has 1 saturated heterocycles. The first kappa shape index (κ1) is 15.3. The molecule has 0 bridgehead atoms. The average molecular weight is 279 g/mol. The predicted octanol–water partition coefficient (Wildman–Crippen LogP) is 0.131. The summed E-state index contributed by atoms with van der Waals surface area (Å²) in [5, 5.41) is 3.31. The molecule has 1 aromatic heterocycles. The number of hydrogen-bond donors (Lipinski definition) is 1. The number of piperazine rings is 1. The SMILES string of the molecule is COCCNCc1ccnc(C2CN(C)CCN2C)n1. The smallest absolute Gasteiger partial charge is 0.146 e. The van der Waals surface area contributed by atoms with Gasteiger partial charge in [0.1, 0.15) is 5.82 Å². The molecule has 6 heteroatoms. The first-order valence-corrected chi connectivity index (χ1v) is 7.11. The van der Waals surface area contributed by atoms with E-state index in [0.717, 1.165) is 44.2 Å². The van der Waals surface area contributed by atoms with Crippen LogP contribution in [0.2, 0.25) is 0 Å². The van der Waals surface area contributed by atoms with Crippen LogP contribution < -0.4 is 5.32 Å². The second-order valence-electron chi connectivity index (χ2n) is 5.33. The molecule has 1 N–H and O–H groups in total. The molecule has 112 valence electrons. The number of ether oxygens (including phenoxy) is 1. The van der Waals surface area contributed by atoms with Gasteiger partial charge in [0.2, 0.25) is 0 Å². The molecule has 1 fully saturated rings. The maximum Gasteiger partial charge on any atom is 0.146 e. The first-order valence-electron chi connectivity index (χ1n) is 7.11. The second-order valence-corrected chi connectivity index (χ2v) is 5.33. The Morgan fingerprint density at radius 3 is 3.05 bits per heavy atom. The van der Waals surface area contributed by atoms with E-state index >= 15 is 0 Å². The van der Waals surface area contributed by atoms with E-state index in [0.29, 0.717) is 6.61 Å². The molecule has 1 aromatic rings. The monoisotopic (exact) mass is 279 g/mol. The summed E-state index contributed by atoms with van der Waals surface area (Å²) in [6.45, 7) is 5.45. The summed E-state index contributed by atoms with van der Waals surface area (Å²) in [5.74, 6) is 0.921. The van der Waals surface area contributed by atoms with Crippen molar-refractivity contribution in [1.82, 2.24) is 25.1 Å². The van der Waals surface area contributed by atoms with Gasteiger partial charge in [0.15, 0.2) is 0 Å². The molecule has 0 amide bonds. The third-order valence-electron chi connectivity index (χ3n) is 3.67. The van der Waals surface area contributed by atoms with Gasteiger partial charge in [0.05, 0.1) is 18.3 Å². The van der Waals surface area contributed by atoms with Crippen LogP contribution in [0.5, 0.6) is 0 Å². The van der Waals surface area contributed by atoms with Crippen LogP contribution in [0.15, 0.2) is 12.3 Å². The van der Waals surface area contributed by atoms with Gasteiger partial charge in [-0.3, -0.25) is 4.90 Å². The van der Waals surface area contributed by atoms with Crippen LogP contribution in [0.25, 0.3) is 0 Å². The molecule has 2 rings (SSSR count). The normalized spacial score (nSPS) is 21.2. The van der Waals surface area contributed by atoms with Gasteiger partial charge in [-0.2, -0.15) is 0 Å². The van der Waals surface area contributed by atoms with E-state index in [9.17, 15) is 0 Å². The van der Waals surface area contributed by atoms with Crippen molar-refractivity contribution in [2.24, 2.45) is 0 Å². The van der Waals surface area contributed by atoms with Gasteiger partial charge in [0.25, 0.3) is 0 Å². The van der Waals surface area contributed by atoms with Gasteiger partial charge >= 0.3 is 0 Å². The highest BCUT2D eigenvalue weighted by molar-refractivity contribution is 5.06. The lowest BCUT2D eigenvalue weighted by Crippen LogP contribution is -2.45. The number of aromatic nitrogens is 2. The van der Waals surface area contributed by atoms with Crippen molar-refractivity contribution in [3.05, 3.63) is 23.8 Å². The van der Waals surface area contributed by atoms with Crippen LogP contribution in [0.1, 0.15) is 17.6 Å². The molecular formula is C14H25N5O. The van der Waals surface area contributed by atoms with Crippen molar-refractivity contribution in [2.75, 3.05) is 54.0 Å². The van der Waals surface area contributed by atoms with Crippen molar-refractivity contribution in [2.45, 2.75) is 12.6 Å². The molecule has 1 aliphatic rings. The number of hydrogen-bond acceptors (Lipinski definition) is 6. The van der Waals surface area contributed by atoms with E-state index in [2.05, 4.69) is 34.2 Å². The fraction of sp³-hybridized carbons (Fsp3) is 0.714. The Labute approximate surface area is 121 Å². The fourth-order valence-electron chi connectivity index (χ4n) is 2.35. The van der Waals surface area contributed by atoms with Crippen LogP contribution in [-0.4, -0.2) is 73.8 Å². The lowest BCUT2D eigenvalue weighted by atomic mass is 10.1. The molecule has 6 nitrogen and oxygen atoms in total. The lowest BCUT2D eigenvalue weighted by molar-refractivity contribution is 0.109. The third kappa shape index (κ3) is 4.21. The van der Waals surface area contributed by atoms with Crippen molar-refractivity contribution >= 4 is 0 Å². The van der Waals surface area contributed by atoms with Crippen molar-refractivity contribution < 1.29 is 4.74 Å². The van der Waals surface area contributed by atoms with Crippen LogP contribution in [0.3, 0.4) is 0 Å². The Bertz CT molecular complexity index is 414. The minimum Gasteiger partial charge on any atom is -0.383 e. The summed E-state index contributed by atoms with van der Waals surface area (Å²) in [7, 11) is 6.00. The molecule has 20 heavy (non-hydrogen) atoms. The quantitative estimate of drug-likeness (QED) is 0.747. The molecule has 1 atom stereocenters. The molecule has 2 heterocycles. The molecule has 0 radical (unpaired) electrons. The van der Waals surface area contributed by atoms with Crippen LogP contribution in [0, 0.1) is 0 Å². The highest BCUT2D eigenvalue weighted by atomic mass is 16.5. The van der Waals surface area contributed by atoms with Gasteiger partial charge in [0, 0.05) is 46.0 Å². The highest BCUT2D eigenvalue weighted by Gasteiger charge is 2.25. The summed E-state index contributed by atoms with van der Waals surface area (Å²) in [4.78, 5) is 13.8. The van der Waals surface area contributed by atoms with E-state index < -0.39 is 0 Å². The lowest BCUT2D eigenvalue weighted by Gasteiger charge is -2.36. The van der Waals surface area contributed by atoms with Crippen molar-refractivity contribution in [3.63, 3.8) is 0 Å². The zero-order valence-corrected chi connectivity index (χ0v) is 12.7. The van der Waals surface area contributed by atoms with Gasteiger partial charge in [-0.25, -0.2) is 9.97 Å². The average Bonchev–Trinajstić information content (AvgIpc) is 2.46. The first-order chi connectivity index (χ1) is 9.70. The van der Waals surface area contributed by atoms with E-state index in [1.807, 2.05) is 12.3 Å². The largest absolute Gasteiger partial charge is 0.383 e. The maximum atomic E-state index is 5.02. The minimum atomic E-state index is 0.285. The third-order valence-corrected chi connectivity index (χ3v) is 3.67. The number of likely N-dealkylation sites (N-methyl/N-ethyl adjacent to an activating group) is 2. The highest BCUT2D eigenvalue weighted by Crippen LogP contribution is 2.20. The molecule has 1 aliphatic heterocycles. The Kier molecular flexibility index (Phi) is 5.85. The summed E-state index contributed by atoms with van der Waals surface area (Å²) in [6, 6.07) is 2.25. The summed E-state index contributed by atoms with van der Waals surface area (Å²) in [5.41, 5.74) is 1.03. The summed E-state index contributed by atoms with van der Waals surface area (Å²) >= 11 is 0. The number of nitrogens with zero attached hydrogens (tertiary/aromatic N) is 4. The number of methoxy groups -OCH3 is 1. The Morgan fingerprint density at radius 2 is 2.25 bits per heavy atom. The van der Waals surface area contributed by atoms with Gasteiger partial charge < -0.3 is 15.0 Å². The number of nitrogens with one attached hydrogen (secondary N) is 1. The predicted molar refractivity (Wildman–Crippen MR) is 78.5 cm³/mol. The Balaban J connectivity index is 1.97. The van der Waals surface area contributed by atoms with Crippen molar-refractivity contribution in [1.29, 1.82) is 0 Å². The minimum absolute atomic E-state index is 0.285. The van der Waals surface area contributed by atoms with E-state index in [-0.39, 0.29) is 6.04 Å². The van der Waals surface area contributed by atoms with Crippen LogP contribution in [0.4, 0.5) is 0 Å². The van der Waals surface area contributed by atoms with E-state index in [1.165, 1.54) is 0 Å². The Hall–Kier alpha value is -1.08. The summed E-state index contributed by atoms with van der Waals surface area (Å²) in [6.07, 6.45) is 1.86. The van der Waals surface area contributed by atoms with E-state index in [4.69, 9.17) is 9.72 Å². The molecular weight excluding hydrogens is 254 g/mol. The molecule has 1 unspecified atom stereocenters. The fourth-order valence-corrected chi connectivity index (χ4v) is 2.35.